The van der Waals surface area contributed by atoms with Gasteiger partial charge in [-0.2, -0.15) is 5.26 Å². The zero-order valence-corrected chi connectivity index (χ0v) is 14.5. The van der Waals surface area contributed by atoms with Gasteiger partial charge in [0.2, 0.25) is 0 Å². The van der Waals surface area contributed by atoms with Crippen molar-refractivity contribution in [1.29, 1.82) is 5.26 Å². The summed E-state index contributed by atoms with van der Waals surface area (Å²) in [6.45, 7) is 6.14. The SMILES string of the molecule is Cc1ccc(C)c(C(=O)Nc2sc3c(c2C#N)CCC(C)C3)c1. The molecule has 1 unspecified atom stereocenters. The van der Waals surface area contributed by atoms with Gasteiger partial charge in [-0.15, -0.1) is 11.3 Å². The van der Waals surface area contributed by atoms with Gasteiger partial charge in [0.15, 0.2) is 0 Å². The van der Waals surface area contributed by atoms with E-state index in [1.807, 2.05) is 32.0 Å². The summed E-state index contributed by atoms with van der Waals surface area (Å²) in [5, 5.41) is 13.2. The van der Waals surface area contributed by atoms with Crippen molar-refractivity contribution in [2.24, 2.45) is 5.92 Å². The van der Waals surface area contributed by atoms with Crippen molar-refractivity contribution in [3.8, 4) is 6.07 Å². The van der Waals surface area contributed by atoms with Crippen LogP contribution in [0.3, 0.4) is 0 Å². The molecular weight excluding hydrogens is 304 g/mol. The van der Waals surface area contributed by atoms with E-state index in [4.69, 9.17) is 0 Å². The first kappa shape index (κ1) is 15.8. The van der Waals surface area contributed by atoms with Gasteiger partial charge in [-0.1, -0.05) is 24.6 Å². The second-order valence-corrected chi connectivity index (χ2v) is 7.55. The molecule has 0 saturated heterocycles. The average molecular weight is 324 g/mol. The van der Waals surface area contributed by atoms with Gasteiger partial charge in [-0.3, -0.25) is 4.79 Å². The van der Waals surface area contributed by atoms with Crippen molar-refractivity contribution in [1.82, 2.24) is 0 Å². The number of nitrogens with zero attached hydrogens (tertiary/aromatic N) is 1. The molecular formula is C19H20N2OS. The van der Waals surface area contributed by atoms with Crippen LogP contribution in [0.5, 0.6) is 0 Å². The molecule has 4 heteroatoms. The Hall–Kier alpha value is -2.12. The van der Waals surface area contributed by atoms with Crippen LogP contribution in [0.4, 0.5) is 5.00 Å². The fourth-order valence-electron chi connectivity index (χ4n) is 3.11. The van der Waals surface area contributed by atoms with Crippen molar-refractivity contribution >= 4 is 22.2 Å². The molecule has 1 aromatic carbocycles. The average Bonchev–Trinajstić information content (AvgIpc) is 2.85. The Balaban J connectivity index is 1.93. The van der Waals surface area contributed by atoms with Gasteiger partial charge >= 0.3 is 0 Å². The predicted molar refractivity (Wildman–Crippen MR) is 94.1 cm³/mol. The normalized spacial score (nSPS) is 16.5. The quantitative estimate of drug-likeness (QED) is 0.876. The Morgan fingerprint density at radius 2 is 2.17 bits per heavy atom. The van der Waals surface area contributed by atoms with Gasteiger partial charge in [0, 0.05) is 10.4 Å². The summed E-state index contributed by atoms with van der Waals surface area (Å²) in [6.07, 6.45) is 3.06. The predicted octanol–water partition coefficient (Wildman–Crippen LogP) is 4.61. The Kier molecular flexibility index (Phi) is 4.23. The van der Waals surface area contributed by atoms with Crippen molar-refractivity contribution < 1.29 is 4.79 Å². The summed E-state index contributed by atoms with van der Waals surface area (Å²) >= 11 is 1.57. The number of amides is 1. The summed E-state index contributed by atoms with van der Waals surface area (Å²) in [7, 11) is 0. The highest BCUT2D eigenvalue weighted by Crippen LogP contribution is 2.39. The molecule has 1 N–H and O–H groups in total. The summed E-state index contributed by atoms with van der Waals surface area (Å²) < 4.78 is 0. The topological polar surface area (TPSA) is 52.9 Å². The molecule has 1 aliphatic rings. The third-order valence-corrected chi connectivity index (χ3v) is 5.66. The molecule has 0 fully saturated rings. The summed E-state index contributed by atoms with van der Waals surface area (Å²) in [5.41, 5.74) is 4.48. The van der Waals surface area contributed by atoms with Gasteiger partial charge in [0.05, 0.1) is 5.56 Å². The number of thiophene rings is 1. The van der Waals surface area contributed by atoms with Gasteiger partial charge in [0.25, 0.3) is 5.91 Å². The number of fused-ring (bicyclic) bond motifs is 1. The maximum atomic E-state index is 12.6. The van der Waals surface area contributed by atoms with Crippen LogP contribution in [0, 0.1) is 31.1 Å². The van der Waals surface area contributed by atoms with Crippen molar-refractivity contribution in [2.45, 2.75) is 40.0 Å². The molecule has 118 valence electrons. The zero-order chi connectivity index (χ0) is 16.6. The monoisotopic (exact) mass is 324 g/mol. The highest BCUT2D eigenvalue weighted by Gasteiger charge is 2.25. The molecule has 0 radical (unpaired) electrons. The van der Waals surface area contributed by atoms with Gasteiger partial charge in [0.1, 0.15) is 11.1 Å². The molecule has 0 aliphatic heterocycles. The summed E-state index contributed by atoms with van der Waals surface area (Å²) in [6, 6.07) is 8.15. The van der Waals surface area contributed by atoms with Crippen LogP contribution in [0.1, 0.15) is 50.8 Å². The van der Waals surface area contributed by atoms with Gasteiger partial charge in [-0.05, 0) is 56.2 Å². The maximum absolute atomic E-state index is 12.6. The fraction of sp³-hybridized carbons (Fsp3) is 0.368. The first-order valence-corrected chi connectivity index (χ1v) is 8.74. The molecule has 2 aromatic rings. The number of hydrogen-bond donors (Lipinski definition) is 1. The van der Waals surface area contributed by atoms with E-state index in [1.165, 1.54) is 4.88 Å². The molecule has 1 heterocycles. The lowest BCUT2D eigenvalue weighted by molar-refractivity contribution is 0.102. The molecule has 1 atom stereocenters. The van der Waals surface area contributed by atoms with E-state index in [9.17, 15) is 10.1 Å². The third-order valence-electron chi connectivity index (χ3n) is 4.49. The number of aryl methyl sites for hydroxylation is 2. The van der Waals surface area contributed by atoms with Crippen LogP contribution in [-0.4, -0.2) is 5.91 Å². The molecule has 0 saturated carbocycles. The molecule has 1 aliphatic carbocycles. The molecule has 23 heavy (non-hydrogen) atoms. The third kappa shape index (κ3) is 3.02. The number of benzene rings is 1. The van der Waals surface area contributed by atoms with Crippen molar-refractivity contribution in [2.75, 3.05) is 5.32 Å². The minimum absolute atomic E-state index is 0.130. The van der Waals surface area contributed by atoms with E-state index in [2.05, 4.69) is 18.3 Å². The standard InChI is InChI=1S/C19H20N2OS/c1-11-4-6-13(3)15(8-11)18(22)21-19-16(10-20)14-7-5-12(2)9-17(14)23-19/h4,6,8,12H,5,7,9H2,1-3H3,(H,21,22). The van der Waals surface area contributed by atoms with Gasteiger partial charge in [-0.25, -0.2) is 0 Å². The molecule has 1 amide bonds. The number of carbonyl (C=O) groups is 1. The Bertz CT molecular complexity index is 814. The molecule has 3 nitrogen and oxygen atoms in total. The van der Waals surface area contributed by atoms with E-state index >= 15 is 0 Å². The fourth-order valence-corrected chi connectivity index (χ4v) is 4.46. The van der Waals surface area contributed by atoms with Crippen LogP contribution < -0.4 is 5.32 Å². The number of rotatable bonds is 2. The van der Waals surface area contributed by atoms with E-state index in [0.717, 1.165) is 36.0 Å². The number of hydrogen-bond acceptors (Lipinski definition) is 3. The summed E-state index contributed by atoms with van der Waals surface area (Å²) in [5.74, 6) is 0.518. The Labute approximate surface area is 141 Å². The van der Waals surface area contributed by atoms with E-state index < -0.39 is 0 Å². The van der Waals surface area contributed by atoms with Crippen molar-refractivity contribution in [3.05, 3.63) is 50.9 Å². The molecule has 0 spiro atoms. The lowest BCUT2D eigenvalue weighted by atomic mass is 9.88. The van der Waals surface area contributed by atoms with E-state index in [-0.39, 0.29) is 5.91 Å². The largest absolute Gasteiger partial charge is 0.312 e. The highest BCUT2D eigenvalue weighted by atomic mass is 32.1. The second kappa shape index (κ2) is 6.17. The van der Waals surface area contributed by atoms with E-state index in [1.54, 1.807) is 11.3 Å². The van der Waals surface area contributed by atoms with Crippen LogP contribution >= 0.6 is 11.3 Å². The smallest absolute Gasteiger partial charge is 0.256 e. The van der Waals surface area contributed by atoms with E-state index in [0.29, 0.717) is 22.0 Å². The Morgan fingerprint density at radius 3 is 2.91 bits per heavy atom. The lowest BCUT2D eigenvalue weighted by Gasteiger charge is -2.17. The zero-order valence-electron chi connectivity index (χ0n) is 13.7. The van der Waals surface area contributed by atoms with Crippen LogP contribution in [-0.2, 0) is 12.8 Å². The number of nitrogens with one attached hydrogen (secondary N) is 1. The van der Waals surface area contributed by atoms with Crippen LogP contribution in [0.15, 0.2) is 18.2 Å². The number of carbonyl (C=O) groups excluding carboxylic acids is 1. The van der Waals surface area contributed by atoms with Crippen LogP contribution in [0.25, 0.3) is 0 Å². The number of nitriles is 1. The Morgan fingerprint density at radius 1 is 1.39 bits per heavy atom. The second-order valence-electron chi connectivity index (χ2n) is 6.44. The summed E-state index contributed by atoms with van der Waals surface area (Å²) in [4.78, 5) is 13.9. The van der Waals surface area contributed by atoms with Crippen LogP contribution in [0.2, 0.25) is 0 Å². The number of anilines is 1. The first-order chi connectivity index (χ1) is 11.0. The maximum Gasteiger partial charge on any atom is 0.256 e. The molecule has 1 aromatic heterocycles. The van der Waals surface area contributed by atoms with Gasteiger partial charge < -0.3 is 5.32 Å². The minimum Gasteiger partial charge on any atom is -0.312 e. The first-order valence-electron chi connectivity index (χ1n) is 7.92. The van der Waals surface area contributed by atoms with Crippen molar-refractivity contribution in [3.63, 3.8) is 0 Å². The minimum atomic E-state index is -0.130. The highest BCUT2D eigenvalue weighted by molar-refractivity contribution is 7.16. The molecule has 3 rings (SSSR count). The molecule has 0 bridgehead atoms. The lowest BCUT2D eigenvalue weighted by Crippen LogP contribution is -2.13.